The molecule has 0 heterocycles. The minimum absolute atomic E-state index is 0.0818. The second-order valence-corrected chi connectivity index (χ2v) is 4.65. The van der Waals surface area contributed by atoms with Crippen molar-refractivity contribution in [3.05, 3.63) is 30.1 Å². The average molecular weight is 266 g/mol. The van der Waals surface area contributed by atoms with Gasteiger partial charge in [-0.1, -0.05) is 0 Å². The maximum Gasteiger partial charge on any atom is 0.319 e. The van der Waals surface area contributed by atoms with E-state index < -0.39 is 12.0 Å². The van der Waals surface area contributed by atoms with Crippen molar-refractivity contribution < 1.29 is 19.1 Å². The fourth-order valence-corrected chi connectivity index (χ4v) is 1.89. The van der Waals surface area contributed by atoms with Gasteiger partial charge in [0.25, 0.3) is 0 Å². The van der Waals surface area contributed by atoms with Crippen molar-refractivity contribution in [1.82, 2.24) is 5.32 Å². The Morgan fingerprint density at radius 2 is 1.95 bits per heavy atom. The first-order chi connectivity index (χ1) is 9.04. The molecule has 0 saturated heterocycles. The molecule has 1 unspecified atom stereocenters. The smallest absolute Gasteiger partial charge is 0.319 e. The van der Waals surface area contributed by atoms with Gasteiger partial charge in [-0.05, 0) is 43.0 Å². The van der Waals surface area contributed by atoms with Crippen molar-refractivity contribution in [2.75, 3.05) is 5.32 Å². The molecule has 1 fully saturated rings. The minimum atomic E-state index is -0.931. The molecule has 5 nitrogen and oxygen atoms in total. The number of urea groups is 1. The molecule has 0 radical (unpaired) electrons. The summed E-state index contributed by atoms with van der Waals surface area (Å²) in [5, 5.41) is 14.0. The van der Waals surface area contributed by atoms with Crippen LogP contribution in [0.15, 0.2) is 24.3 Å². The Labute approximate surface area is 109 Å². The van der Waals surface area contributed by atoms with E-state index in [9.17, 15) is 14.0 Å². The number of halogens is 1. The third-order valence-electron chi connectivity index (χ3n) is 3.00. The largest absolute Gasteiger partial charge is 0.481 e. The lowest BCUT2D eigenvalue weighted by molar-refractivity contribution is -0.137. The summed E-state index contributed by atoms with van der Waals surface area (Å²) >= 11 is 0. The lowest BCUT2D eigenvalue weighted by Crippen LogP contribution is -2.40. The van der Waals surface area contributed by atoms with Crippen LogP contribution in [-0.4, -0.2) is 23.1 Å². The van der Waals surface area contributed by atoms with Crippen LogP contribution in [-0.2, 0) is 4.79 Å². The first kappa shape index (κ1) is 13.3. The highest BCUT2D eigenvalue weighted by atomic mass is 19.1. The van der Waals surface area contributed by atoms with E-state index in [2.05, 4.69) is 10.6 Å². The van der Waals surface area contributed by atoms with Crippen molar-refractivity contribution in [1.29, 1.82) is 0 Å². The molecule has 3 N–H and O–H groups in total. The summed E-state index contributed by atoms with van der Waals surface area (Å²) in [7, 11) is 0. The van der Waals surface area contributed by atoms with Crippen molar-refractivity contribution in [3.63, 3.8) is 0 Å². The molecule has 1 aliphatic carbocycles. The van der Waals surface area contributed by atoms with E-state index in [4.69, 9.17) is 5.11 Å². The zero-order valence-electron chi connectivity index (χ0n) is 10.2. The van der Waals surface area contributed by atoms with Gasteiger partial charge in [-0.2, -0.15) is 0 Å². The summed E-state index contributed by atoms with van der Waals surface area (Å²) in [6, 6.07) is 4.55. The lowest BCUT2D eigenvalue weighted by atomic mass is 10.1. The number of hydrogen-bond donors (Lipinski definition) is 3. The Bertz CT molecular complexity index is 471. The molecule has 6 heteroatoms. The van der Waals surface area contributed by atoms with Gasteiger partial charge in [-0.25, -0.2) is 9.18 Å². The van der Waals surface area contributed by atoms with Gasteiger partial charge in [0.05, 0.1) is 6.42 Å². The third kappa shape index (κ3) is 4.24. The molecule has 0 aliphatic heterocycles. The molecule has 19 heavy (non-hydrogen) atoms. The molecule has 1 aromatic carbocycles. The van der Waals surface area contributed by atoms with Gasteiger partial charge in [0.2, 0.25) is 0 Å². The van der Waals surface area contributed by atoms with E-state index in [1.807, 2.05) is 0 Å². The molecule has 1 atom stereocenters. The molecule has 0 spiro atoms. The van der Waals surface area contributed by atoms with Crippen LogP contribution >= 0.6 is 0 Å². The van der Waals surface area contributed by atoms with E-state index >= 15 is 0 Å². The minimum Gasteiger partial charge on any atom is -0.481 e. The van der Waals surface area contributed by atoms with Crippen LogP contribution in [0, 0.1) is 11.7 Å². The van der Waals surface area contributed by atoms with Gasteiger partial charge in [0, 0.05) is 11.7 Å². The highest BCUT2D eigenvalue weighted by Gasteiger charge is 2.33. The Morgan fingerprint density at radius 1 is 1.32 bits per heavy atom. The first-order valence-electron chi connectivity index (χ1n) is 6.09. The number of rotatable bonds is 5. The molecule has 1 aliphatic rings. The van der Waals surface area contributed by atoms with Crippen LogP contribution in [0.3, 0.4) is 0 Å². The Balaban J connectivity index is 1.88. The monoisotopic (exact) mass is 266 g/mol. The van der Waals surface area contributed by atoms with Crippen LogP contribution in [0.5, 0.6) is 0 Å². The second-order valence-electron chi connectivity index (χ2n) is 4.65. The third-order valence-corrected chi connectivity index (χ3v) is 3.00. The average Bonchev–Trinajstić information content (AvgIpc) is 3.14. The van der Waals surface area contributed by atoms with E-state index in [0.29, 0.717) is 5.69 Å². The van der Waals surface area contributed by atoms with Gasteiger partial charge in [-0.3, -0.25) is 4.79 Å². The lowest BCUT2D eigenvalue weighted by Gasteiger charge is -2.16. The fourth-order valence-electron chi connectivity index (χ4n) is 1.89. The SMILES string of the molecule is O=C(O)CC(NC(=O)Nc1ccc(F)cc1)C1CC1. The van der Waals surface area contributed by atoms with Crippen molar-refractivity contribution in [3.8, 4) is 0 Å². The van der Waals surface area contributed by atoms with Gasteiger partial charge >= 0.3 is 12.0 Å². The number of carbonyl (C=O) groups is 2. The maximum absolute atomic E-state index is 12.7. The van der Waals surface area contributed by atoms with Crippen LogP contribution in [0.2, 0.25) is 0 Å². The van der Waals surface area contributed by atoms with Gasteiger partial charge in [0.15, 0.2) is 0 Å². The van der Waals surface area contributed by atoms with Crippen molar-refractivity contribution in [2.45, 2.75) is 25.3 Å². The zero-order chi connectivity index (χ0) is 13.8. The second kappa shape index (κ2) is 5.69. The van der Waals surface area contributed by atoms with Crippen molar-refractivity contribution in [2.24, 2.45) is 5.92 Å². The predicted octanol–water partition coefficient (Wildman–Crippen LogP) is 2.20. The van der Waals surface area contributed by atoms with Crippen LogP contribution in [0.25, 0.3) is 0 Å². The van der Waals surface area contributed by atoms with E-state index in [-0.39, 0.29) is 24.2 Å². The summed E-state index contributed by atoms with van der Waals surface area (Å²) in [5.74, 6) is -1.07. The number of amides is 2. The fraction of sp³-hybridized carbons (Fsp3) is 0.385. The highest BCUT2D eigenvalue weighted by molar-refractivity contribution is 5.89. The molecule has 102 valence electrons. The molecular formula is C13H15FN2O3. The van der Waals surface area contributed by atoms with Crippen molar-refractivity contribution >= 4 is 17.7 Å². The molecule has 2 rings (SSSR count). The van der Waals surface area contributed by atoms with Gasteiger partial charge in [0.1, 0.15) is 5.82 Å². The number of carboxylic acids is 1. The number of aliphatic carboxylic acids is 1. The topological polar surface area (TPSA) is 78.4 Å². The molecule has 2 amide bonds. The standard InChI is InChI=1S/C13H15FN2O3/c14-9-3-5-10(6-4-9)15-13(19)16-11(7-12(17)18)8-1-2-8/h3-6,8,11H,1-2,7H2,(H,17,18)(H2,15,16,19). The molecule has 1 aromatic rings. The van der Waals surface area contributed by atoms with Gasteiger partial charge in [-0.15, -0.1) is 0 Å². The van der Waals surface area contributed by atoms with Crippen LogP contribution in [0.1, 0.15) is 19.3 Å². The Morgan fingerprint density at radius 3 is 2.47 bits per heavy atom. The van der Waals surface area contributed by atoms with Crippen LogP contribution in [0.4, 0.5) is 14.9 Å². The van der Waals surface area contributed by atoms with Gasteiger partial charge < -0.3 is 15.7 Å². The summed E-state index contributed by atoms with van der Waals surface area (Å²) in [5.41, 5.74) is 0.462. The number of carbonyl (C=O) groups excluding carboxylic acids is 1. The summed E-state index contributed by atoms with van der Waals surface area (Å²) in [4.78, 5) is 22.4. The summed E-state index contributed by atoms with van der Waals surface area (Å²) in [6.45, 7) is 0. The zero-order valence-corrected chi connectivity index (χ0v) is 10.2. The molecule has 0 aromatic heterocycles. The highest BCUT2D eigenvalue weighted by Crippen LogP contribution is 2.34. The number of carboxylic acid groups (broad SMARTS) is 1. The number of anilines is 1. The number of nitrogens with one attached hydrogen (secondary N) is 2. The summed E-state index contributed by atoms with van der Waals surface area (Å²) in [6.07, 6.45) is 1.80. The van der Waals surface area contributed by atoms with E-state index in [0.717, 1.165) is 12.8 Å². The van der Waals surface area contributed by atoms with E-state index in [1.165, 1.54) is 24.3 Å². The Kier molecular flexibility index (Phi) is 3.99. The van der Waals surface area contributed by atoms with E-state index in [1.54, 1.807) is 0 Å². The molecule has 1 saturated carbocycles. The molecule has 0 bridgehead atoms. The summed E-state index contributed by atoms with van der Waals surface area (Å²) < 4.78 is 12.7. The first-order valence-corrected chi connectivity index (χ1v) is 6.09. The maximum atomic E-state index is 12.7. The quantitative estimate of drug-likeness (QED) is 0.764. The van der Waals surface area contributed by atoms with Crippen LogP contribution < -0.4 is 10.6 Å². The number of benzene rings is 1. The Hall–Kier alpha value is -2.11. The normalized spacial score (nSPS) is 15.6. The number of hydrogen-bond acceptors (Lipinski definition) is 2. The predicted molar refractivity (Wildman–Crippen MR) is 67.3 cm³/mol. The molecular weight excluding hydrogens is 251 g/mol.